The molecular formula is C24H25F3N6O2. The van der Waals surface area contributed by atoms with Gasteiger partial charge in [0.05, 0.1) is 17.8 Å². The predicted molar refractivity (Wildman–Crippen MR) is 124 cm³/mol. The van der Waals surface area contributed by atoms with Gasteiger partial charge in [-0.15, -0.1) is 0 Å². The molecule has 1 fully saturated rings. The molecule has 1 aliphatic rings. The number of carbonyl (C=O) groups excluding carboxylic acids is 1. The van der Waals surface area contributed by atoms with E-state index in [2.05, 4.69) is 25.3 Å². The molecule has 1 aliphatic heterocycles. The summed E-state index contributed by atoms with van der Waals surface area (Å²) in [6.07, 6.45) is -0.742. The Morgan fingerprint density at radius 3 is 2.51 bits per heavy atom. The molecule has 0 aliphatic carbocycles. The second kappa shape index (κ2) is 9.47. The first-order valence-corrected chi connectivity index (χ1v) is 11.1. The summed E-state index contributed by atoms with van der Waals surface area (Å²) >= 11 is 0. The van der Waals surface area contributed by atoms with Gasteiger partial charge in [0.2, 0.25) is 5.95 Å². The number of pyridine rings is 2. The van der Waals surface area contributed by atoms with E-state index in [0.717, 1.165) is 17.8 Å². The fraction of sp³-hybridized carbons (Fsp3) is 0.375. The lowest BCUT2D eigenvalue weighted by atomic mass is 10.0. The molecule has 3 aromatic heterocycles. The molecule has 1 amide bonds. The lowest BCUT2D eigenvalue weighted by Gasteiger charge is -2.24. The zero-order chi connectivity index (χ0) is 25.3. The molecule has 3 aromatic rings. The molecule has 8 nitrogen and oxygen atoms in total. The van der Waals surface area contributed by atoms with Gasteiger partial charge in [-0.1, -0.05) is 13.8 Å². The van der Waals surface area contributed by atoms with Crippen molar-refractivity contribution < 1.29 is 22.7 Å². The van der Waals surface area contributed by atoms with E-state index in [1.165, 1.54) is 17.2 Å². The van der Waals surface area contributed by atoms with Crippen LogP contribution in [-0.4, -0.2) is 38.7 Å². The zero-order valence-electron chi connectivity index (χ0n) is 19.7. The van der Waals surface area contributed by atoms with E-state index in [0.29, 0.717) is 35.2 Å². The lowest BCUT2D eigenvalue weighted by molar-refractivity contribution is -0.141. The van der Waals surface area contributed by atoms with E-state index < -0.39 is 18.0 Å². The van der Waals surface area contributed by atoms with Crippen LogP contribution in [0.4, 0.5) is 29.7 Å². The van der Waals surface area contributed by atoms with E-state index >= 15 is 0 Å². The summed E-state index contributed by atoms with van der Waals surface area (Å²) in [6.45, 7) is 8.03. The second-order valence-electron chi connectivity index (χ2n) is 8.72. The van der Waals surface area contributed by atoms with E-state index in [9.17, 15) is 18.0 Å². The van der Waals surface area contributed by atoms with Gasteiger partial charge in [0, 0.05) is 24.2 Å². The van der Waals surface area contributed by atoms with Gasteiger partial charge in [0.15, 0.2) is 0 Å². The maximum Gasteiger partial charge on any atom is 0.433 e. The van der Waals surface area contributed by atoms with Gasteiger partial charge < -0.3 is 10.1 Å². The van der Waals surface area contributed by atoms with E-state index in [1.54, 1.807) is 18.3 Å². The van der Waals surface area contributed by atoms with Crippen LogP contribution in [0.2, 0.25) is 0 Å². The lowest BCUT2D eigenvalue weighted by Crippen LogP contribution is -2.37. The number of halogens is 3. The van der Waals surface area contributed by atoms with Crippen LogP contribution in [0.15, 0.2) is 42.9 Å². The highest BCUT2D eigenvalue weighted by Gasteiger charge is 2.37. The summed E-state index contributed by atoms with van der Waals surface area (Å²) in [5.41, 5.74) is 1.45. The average Bonchev–Trinajstić information content (AvgIpc) is 3.20. The summed E-state index contributed by atoms with van der Waals surface area (Å²) in [5.74, 6) is 0.935. The monoisotopic (exact) mass is 486 g/mol. The first kappa shape index (κ1) is 24.4. The Labute approximate surface area is 200 Å². The Hall–Kier alpha value is -3.76. The average molecular weight is 486 g/mol. The Kier molecular flexibility index (Phi) is 6.60. The third kappa shape index (κ3) is 5.18. The minimum Gasteiger partial charge on any atom is -0.447 e. The highest BCUT2D eigenvalue weighted by Crippen LogP contribution is 2.31. The minimum atomic E-state index is -4.52. The summed E-state index contributed by atoms with van der Waals surface area (Å²) in [5, 5.41) is 3.19. The molecule has 4 rings (SSSR count). The number of hydrogen-bond donors (Lipinski definition) is 1. The van der Waals surface area contributed by atoms with Crippen molar-refractivity contribution in [2.45, 2.75) is 46.0 Å². The van der Waals surface area contributed by atoms with Crippen LogP contribution in [0, 0.1) is 12.8 Å². The van der Waals surface area contributed by atoms with Crippen LogP contribution in [0.1, 0.15) is 43.8 Å². The number of nitrogens with one attached hydrogen (secondary N) is 1. The van der Waals surface area contributed by atoms with E-state index in [4.69, 9.17) is 4.74 Å². The van der Waals surface area contributed by atoms with Crippen molar-refractivity contribution in [1.29, 1.82) is 0 Å². The highest BCUT2D eigenvalue weighted by molar-refractivity contribution is 5.89. The third-order valence-electron chi connectivity index (χ3n) is 5.82. The SMILES string of the molecule is Cc1cc(-c2ccnc(C(F)(F)F)c2)cnc1[C@H](C)Nc1nccc(N2C(=O)OC[C@@H]2C(C)C)n1. The number of ether oxygens (including phenoxy) is 1. The fourth-order valence-electron chi connectivity index (χ4n) is 3.97. The van der Waals surface area contributed by atoms with Crippen LogP contribution in [0.3, 0.4) is 0 Å². The van der Waals surface area contributed by atoms with Crippen LogP contribution in [-0.2, 0) is 10.9 Å². The summed E-state index contributed by atoms with van der Waals surface area (Å²) in [6, 6.07) is 5.52. The van der Waals surface area contributed by atoms with Crippen LogP contribution in [0.25, 0.3) is 11.1 Å². The Morgan fingerprint density at radius 2 is 1.83 bits per heavy atom. The third-order valence-corrected chi connectivity index (χ3v) is 5.82. The molecule has 35 heavy (non-hydrogen) atoms. The first-order valence-electron chi connectivity index (χ1n) is 11.1. The van der Waals surface area contributed by atoms with Crippen molar-refractivity contribution in [2.75, 3.05) is 16.8 Å². The van der Waals surface area contributed by atoms with Crippen molar-refractivity contribution in [3.8, 4) is 11.1 Å². The number of anilines is 2. The number of rotatable bonds is 6. The highest BCUT2D eigenvalue weighted by atomic mass is 19.4. The van der Waals surface area contributed by atoms with Gasteiger partial charge in [0.1, 0.15) is 18.1 Å². The number of nitrogens with zero attached hydrogens (tertiary/aromatic N) is 5. The van der Waals surface area contributed by atoms with E-state index in [-0.39, 0.29) is 18.0 Å². The molecule has 0 unspecified atom stereocenters. The van der Waals surface area contributed by atoms with Gasteiger partial charge in [-0.3, -0.25) is 14.9 Å². The van der Waals surface area contributed by atoms with Gasteiger partial charge >= 0.3 is 12.3 Å². The molecule has 0 bridgehead atoms. The Bertz CT molecular complexity index is 1230. The van der Waals surface area contributed by atoms with Gasteiger partial charge in [-0.2, -0.15) is 18.2 Å². The van der Waals surface area contributed by atoms with Crippen LogP contribution in [0.5, 0.6) is 0 Å². The maximum absolute atomic E-state index is 13.0. The summed E-state index contributed by atoms with van der Waals surface area (Å²) in [4.78, 5) is 30.4. The standard InChI is InChI=1S/C24H25F3N6O2/c1-13(2)18-12-35-23(34)33(18)20-6-8-29-22(32-20)31-15(4)21-14(3)9-17(11-30-21)16-5-7-28-19(10-16)24(25,26)27/h5-11,13,15,18H,12H2,1-4H3,(H,29,31,32)/t15-,18+/m0/s1. The molecule has 11 heteroatoms. The molecule has 184 valence electrons. The molecule has 2 atom stereocenters. The van der Waals surface area contributed by atoms with Crippen molar-refractivity contribution in [2.24, 2.45) is 5.92 Å². The number of aromatic nitrogens is 4. The molecule has 1 saturated heterocycles. The molecule has 4 heterocycles. The number of hydrogen-bond acceptors (Lipinski definition) is 7. The van der Waals surface area contributed by atoms with Crippen LogP contribution >= 0.6 is 0 Å². The number of carbonyl (C=O) groups is 1. The summed E-state index contributed by atoms with van der Waals surface area (Å²) in [7, 11) is 0. The summed E-state index contributed by atoms with van der Waals surface area (Å²) < 4.78 is 44.3. The van der Waals surface area contributed by atoms with Crippen LogP contribution < -0.4 is 10.2 Å². The van der Waals surface area contributed by atoms with Crippen molar-refractivity contribution in [3.05, 3.63) is 59.8 Å². The predicted octanol–water partition coefficient (Wildman–Crippen LogP) is 5.42. The second-order valence-corrected chi connectivity index (χ2v) is 8.72. The smallest absolute Gasteiger partial charge is 0.433 e. The van der Waals surface area contributed by atoms with Gasteiger partial charge in [-0.05, 0) is 55.2 Å². The fourth-order valence-corrected chi connectivity index (χ4v) is 3.97. The topological polar surface area (TPSA) is 93.1 Å². The molecule has 1 N–H and O–H groups in total. The number of cyclic esters (lactones) is 1. The van der Waals surface area contributed by atoms with Crippen molar-refractivity contribution >= 4 is 17.9 Å². The van der Waals surface area contributed by atoms with Crippen molar-refractivity contribution in [1.82, 2.24) is 19.9 Å². The molecular weight excluding hydrogens is 461 g/mol. The number of aryl methyl sites for hydroxylation is 1. The number of alkyl halides is 3. The Morgan fingerprint density at radius 1 is 1.09 bits per heavy atom. The van der Waals surface area contributed by atoms with E-state index in [1.807, 2.05) is 27.7 Å². The largest absolute Gasteiger partial charge is 0.447 e. The van der Waals surface area contributed by atoms with Crippen molar-refractivity contribution in [3.63, 3.8) is 0 Å². The molecule has 0 aromatic carbocycles. The van der Waals surface area contributed by atoms with Gasteiger partial charge in [-0.25, -0.2) is 9.78 Å². The first-order chi connectivity index (χ1) is 16.5. The van der Waals surface area contributed by atoms with Gasteiger partial charge in [0.25, 0.3) is 0 Å². The minimum absolute atomic E-state index is 0.120. The molecule has 0 radical (unpaired) electrons. The maximum atomic E-state index is 13.0. The zero-order valence-corrected chi connectivity index (χ0v) is 19.7. The normalized spacial score (nSPS) is 17.0. The number of amides is 1. The Balaban J connectivity index is 1.54. The molecule has 0 spiro atoms. The quantitative estimate of drug-likeness (QED) is 0.498. The molecule has 0 saturated carbocycles.